The number of hydrogen-bond acceptors (Lipinski definition) is 2. The van der Waals surface area contributed by atoms with Gasteiger partial charge in [0, 0.05) is 26.2 Å². The molecule has 1 aliphatic rings. The summed E-state index contributed by atoms with van der Waals surface area (Å²) in [5.41, 5.74) is 5.08. The van der Waals surface area contributed by atoms with Gasteiger partial charge in [0.2, 0.25) is 0 Å². The summed E-state index contributed by atoms with van der Waals surface area (Å²) >= 11 is 0. The van der Waals surface area contributed by atoms with Crippen LogP contribution in [0.1, 0.15) is 20.3 Å². The number of hydrogen-bond donors (Lipinski definition) is 1. The van der Waals surface area contributed by atoms with Gasteiger partial charge in [0.25, 0.3) is 0 Å². The molecule has 0 aromatic rings. The predicted octanol–water partition coefficient (Wildman–Crippen LogP) is 0.729. The van der Waals surface area contributed by atoms with Gasteiger partial charge in [0.1, 0.15) is 0 Å². The van der Waals surface area contributed by atoms with E-state index in [4.69, 9.17) is 5.73 Å². The van der Waals surface area contributed by atoms with Crippen molar-refractivity contribution in [3.05, 3.63) is 0 Å². The molecule has 0 bridgehead atoms. The molecule has 0 aliphatic carbocycles. The number of amides is 2. The molecule has 0 saturated carbocycles. The summed E-state index contributed by atoms with van der Waals surface area (Å²) in [6.45, 7) is 7.66. The Hall–Kier alpha value is -0.770. The van der Waals surface area contributed by atoms with Crippen molar-refractivity contribution in [1.29, 1.82) is 0 Å². The van der Waals surface area contributed by atoms with Crippen LogP contribution in [0.15, 0.2) is 0 Å². The Morgan fingerprint density at radius 1 is 1.23 bits per heavy atom. The molecule has 2 N–H and O–H groups in total. The van der Waals surface area contributed by atoms with Gasteiger partial charge >= 0.3 is 6.03 Å². The second-order valence-corrected chi connectivity index (χ2v) is 3.34. The smallest absolute Gasteiger partial charge is 0.314 e. The first-order valence-corrected chi connectivity index (χ1v) is 4.84. The molecule has 0 atom stereocenters. The first-order valence-electron chi connectivity index (χ1n) is 4.84. The second kappa shape index (κ2) is 6.71. The molecule has 78 valence electrons. The zero-order chi connectivity index (χ0) is 10.3. The van der Waals surface area contributed by atoms with E-state index in [-0.39, 0.29) is 6.03 Å². The van der Waals surface area contributed by atoms with Crippen molar-refractivity contribution in [2.75, 3.05) is 33.2 Å². The maximum Gasteiger partial charge on any atom is 0.314 e. The lowest BCUT2D eigenvalue weighted by Crippen LogP contribution is -2.49. The largest absolute Gasteiger partial charge is 0.351 e. The lowest BCUT2D eigenvalue weighted by atomic mass is 10.3. The highest BCUT2D eigenvalue weighted by Gasteiger charge is 2.15. The van der Waals surface area contributed by atoms with Crippen LogP contribution in [0.4, 0.5) is 4.79 Å². The van der Waals surface area contributed by atoms with Crippen molar-refractivity contribution >= 4 is 6.03 Å². The lowest BCUT2D eigenvalue weighted by molar-refractivity contribution is 0.161. The van der Waals surface area contributed by atoms with E-state index in [1.54, 1.807) is 4.90 Å². The molecule has 1 saturated heterocycles. The van der Waals surface area contributed by atoms with Gasteiger partial charge in [-0.1, -0.05) is 20.3 Å². The van der Waals surface area contributed by atoms with E-state index in [2.05, 4.69) is 18.7 Å². The van der Waals surface area contributed by atoms with Gasteiger partial charge in [-0.15, -0.1) is 0 Å². The molecule has 1 aliphatic heterocycles. The average Bonchev–Trinajstić information content (AvgIpc) is 2.06. The Balaban J connectivity index is 0.000000424. The molecule has 0 radical (unpaired) electrons. The number of likely N-dealkylation sites (N-methyl/N-ethyl adjacent to an activating group) is 1. The Kier molecular flexibility index (Phi) is 6.32. The fourth-order valence-corrected chi connectivity index (χ4v) is 1.03. The molecule has 0 aromatic carbocycles. The topological polar surface area (TPSA) is 49.6 Å². The molecule has 13 heavy (non-hydrogen) atoms. The summed E-state index contributed by atoms with van der Waals surface area (Å²) in [4.78, 5) is 14.4. The number of piperazine rings is 1. The highest BCUT2D eigenvalue weighted by Crippen LogP contribution is 1.96. The van der Waals surface area contributed by atoms with Crippen LogP contribution in [0.5, 0.6) is 0 Å². The Morgan fingerprint density at radius 3 is 1.92 bits per heavy atom. The molecule has 1 fully saturated rings. The fourth-order valence-electron chi connectivity index (χ4n) is 1.03. The van der Waals surface area contributed by atoms with Crippen LogP contribution < -0.4 is 5.73 Å². The SMILES string of the molecule is CCC.CN1CCN(C(N)=O)CC1. The molecule has 0 spiro atoms. The van der Waals surface area contributed by atoms with Crippen LogP contribution in [0, 0.1) is 0 Å². The Bertz CT molecular complexity index is 142. The summed E-state index contributed by atoms with van der Waals surface area (Å²) in [6, 6.07) is -0.298. The minimum absolute atomic E-state index is 0.298. The predicted molar refractivity (Wildman–Crippen MR) is 54.6 cm³/mol. The number of urea groups is 1. The molecular weight excluding hydrogens is 166 g/mol. The summed E-state index contributed by atoms with van der Waals surface area (Å²) in [6.07, 6.45) is 1.25. The van der Waals surface area contributed by atoms with Gasteiger partial charge in [-0.3, -0.25) is 0 Å². The Morgan fingerprint density at radius 2 is 1.62 bits per heavy atom. The zero-order valence-electron chi connectivity index (χ0n) is 8.92. The van der Waals surface area contributed by atoms with Crippen LogP contribution in [0.25, 0.3) is 0 Å². The van der Waals surface area contributed by atoms with Gasteiger partial charge in [-0.05, 0) is 7.05 Å². The number of carbonyl (C=O) groups excluding carboxylic acids is 1. The van der Waals surface area contributed by atoms with Crippen molar-refractivity contribution < 1.29 is 4.79 Å². The second-order valence-electron chi connectivity index (χ2n) is 3.34. The summed E-state index contributed by atoms with van der Waals surface area (Å²) in [5.74, 6) is 0. The van der Waals surface area contributed by atoms with E-state index in [1.165, 1.54) is 6.42 Å². The fraction of sp³-hybridized carbons (Fsp3) is 0.889. The molecule has 1 rings (SSSR count). The monoisotopic (exact) mass is 187 g/mol. The van der Waals surface area contributed by atoms with Gasteiger partial charge in [0.15, 0.2) is 0 Å². The van der Waals surface area contributed by atoms with Crippen LogP contribution in [0.2, 0.25) is 0 Å². The minimum Gasteiger partial charge on any atom is -0.351 e. The lowest BCUT2D eigenvalue weighted by Gasteiger charge is -2.30. The summed E-state index contributed by atoms with van der Waals surface area (Å²) in [5, 5.41) is 0. The van der Waals surface area contributed by atoms with Crippen molar-refractivity contribution in [3.8, 4) is 0 Å². The molecular formula is C9H21N3O. The van der Waals surface area contributed by atoms with E-state index in [0.717, 1.165) is 26.2 Å². The number of carbonyl (C=O) groups is 1. The van der Waals surface area contributed by atoms with E-state index >= 15 is 0 Å². The van der Waals surface area contributed by atoms with Crippen LogP contribution in [-0.4, -0.2) is 49.1 Å². The van der Waals surface area contributed by atoms with Gasteiger partial charge < -0.3 is 15.5 Å². The highest BCUT2D eigenvalue weighted by atomic mass is 16.2. The number of nitrogens with zero attached hydrogens (tertiary/aromatic N) is 2. The maximum atomic E-state index is 10.6. The van der Waals surface area contributed by atoms with Crippen LogP contribution >= 0.6 is 0 Å². The van der Waals surface area contributed by atoms with E-state index in [1.807, 2.05) is 7.05 Å². The highest BCUT2D eigenvalue weighted by molar-refractivity contribution is 5.72. The first-order chi connectivity index (χ1) is 6.11. The standard InChI is InChI=1S/C6H13N3O.C3H8/c1-8-2-4-9(5-3-8)6(7)10;1-3-2/h2-5H2,1H3,(H2,7,10);3H2,1-2H3. The third kappa shape index (κ3) is 5.47. The van der Waals surface area contributed by atoms with Crippen molar-refractivity contribution in [1.82, 2.24) is 9.80 Å². The van der Waals surface area contributed by atoms with E-state index in [0.29, 0.717) is 0 Å². The molecule has 0 aromatic heterocycles. The normalized spacial score (nSPS) is 17.6. The van der Waals surface area contributed by atoms with Crippen LogP contribution in [-0.2, 0) is 0 Å². The minimum atomic E-state index is -0.298. The third-order valence-electron chi connectivity index (χ3n) is 1.81. The molecule has 2 amide bonds. The third-order valence-corrected chi connectivity index (χ3v) is 1.81. The van der Waals surface area contributed by atoms with Gasteiger partial charge in [0.05, 0.1) is 0 Å². The number of nitrogens with two attached hydrogens (primary N) is 1. The molecule has 1 heterocycles. The Labute approximate surface area is 80.7 Å². The van der Waals surface area contributed by atoms with Crippen molar-refractivity contribution in [3.63, 3.8) is 0 Å². The average molecular weight is 187 g/mol. The van der Waals surface area contributed by atoms with Crippen molar-refractivity contribution in [2.24, 2.45) is 5.73 Å². The van der Waals surface area contributed by atoms with E-state index in [9.17, 15) is 4.79 Å². The molecule has 4 nitrogen and oxygen atoms in total. The summed E-state index contributed by atoms with van der Waals surface area (Å²) < 4.78 is 0. The van der Waals surface area contributed by atoms with Gasteiger partial charge in [-0.25, -0.2) is 4.79 Å². The molecule has 4 heteroatoms. The maximum absolute atomic E-state index is 10.6. The van der Waals surface area contributed by atoms with E-state index < -0.39 is 0 Å². The number of primary amides is 1. The number of rotatable bonds is 0. The first kappa shape index (κ1) is 12.2. The van der Waals surface area contributed by atoms with Crippen molar-refractivity contribution in [2.45, 2.75) is 20.3 Å². The zero-order valence-corrected chi connectivity index (χ0v) is 8.92. The summed E-state index contributed by atoms with van der Waals surface area (Å²) in [7, 11) is 2.04. The van der Waals surface area contributed by atoms with Gasteiger partial charge in [-0.2, -0.15) is 0 Å². The van der Waals surface area contributed by atoms with Crippen LogP contribution in [0.3, 0.4) is 0 Å². The molecule has 0 unspecified atom stereocenters. The quantitative estimate of drug-likeness (QED) is 0.607.